The summed E-state index contributed by atoms with van der Waals surface area (Å²) in [5.74, 6) is -0.124. The number of nitrogens with zero attached hydrogens (tertiary/aromatic N) is 1. The second kappa shape index (κ2) is 8.58. The second-order valence-electron chi connectivity index (χ2n) is 6.27. The number of esters is 1. The van der Waals surface area contributed by atoms with Crippen LogP contribution in [0.5, 0.6) is 11.5 Å². The summed E-state index contributed by atoms with van der Waals surface area (Å²) in [5, 5.41) is 0. The molecule has 0 N–H and O–H groups in total. The first kappa shape index (κ1) is 18.8. The molecule has 2 aromatic rings. The fourth-order valence-corrected chi connectivity index (χ4v) is 3.21. The predicted octanol–water partition coefficient (Wildman–Crippen LogP) is 3.22. The van der Waals surface area contributed by atoms with Crippen LogP contribution < -0.4 is 9.47 Å². The van der Waals surface area contributed by atoms with Crippen molar-refractivity contribution in [2.24, 2.45) is 0 Å². The summed E-state index contributed by atoms with van der Waals surface area (Å²) in [6, 6.07) is 14.0. The van der Waals surface area contributed by atoms with Crippen LogP contribution in [-0.4, -0.2) is 44.1 Å². The number of methoxy groups -OCH3 is 2. The zero-order valence-corrected chi connectivity index (χ0v) is 15.5. The van der Waals surface area contributed by atoms with E-state index < -0.39 is 12.1 Å². The average Bonchev–Trinajstić information content (AvgIpc) is 3.26. The molecule has 0 aromatic heterocycles. The van der Waals surface area contributed by atoms with Crippen molar-refractivity contribution in [1.82, 2.24) is 4.90 Å². The monoisotopic (exact) mass is 369 g/mol. The van der Waals surface area contributed by atoms with Gasteiger partial charge in [-0.15, -0.1) is 0 Å². The van der Waals surface area contributed by atoms with E-state index in [2.05, 4.69) is 0 Å². The molecule has 0 saturated carbocycles. The maximum Gasteiger partial charge on any atom is 0.343 e. The molecule has 1 atom stereocenters. The highest BCUT2D eigenvalue weighted by Gasteiger charge is 2.32. The largest absolute Gasteiger partial charge is 0.493 e. The molecule has 0 spiro atoms. The molecule has 1 amide bonds. The third-order valence-electron chi connectivity index (χ3n) is 4.59. The number of hydrogen-bond donors (Lipinski definition) is 0. The molecule has 3 rings (SSSR count). The number of carbonyl (C=O) groups excluding carboxylic acids is 2. The van der Waals surface area contributed by atoms with E-state index in [1.807, 2.05) is 18.2 Å². The molecule has 1 heterocycles. The van der Waals surface area contributed by atoms with Gasteiger partial charge in [0.15, 0.2) is 11.5 Å². The van der Waals surface area contributed by atoms with Crippen molar-refractivity contribution in [2.75, 3.05) is 27.3 Å². The van der Waals surface area contributed by atoms with Gasteiger partial charge in [-0.25, -0.2) is 4.79 Å². The smallest absolute Gasteiger partial charge is 0.343 e. The summed E-state index contributed by atoms with van der Waals surface area (Å²) in [6.07, 6.45) is 0.934. The molecule has 0 radical (unpaired) electrons. The fourth-order valence-electron chi connectivity index (χ4n) is 3.21. The summed E-state index contributed by atoms with van der Waals surface area (Å²) in [7, 11) is 2.95. The molecule has 27 heavy (non-hydrogen) atoms. The Morgan fingerprint density at radius 1 is 0.926 bits per heavy atom. The van der Waals surface area contributed by atoms with E-state index in [1.54, 1.807) is 35.2 Å². The molecule has 1 saturated heterocycles. The van der Waals surface area contributed by atoms with Crippen LogP contribution in [0.4, 0.5) is 0 Å². The minimum absolute atomic E-state index is 0.200. The minimum atomic E-state index is -0.993. The second-order valence-corrected chi connectivity index (χ2v) is 6.27. The van der Waals surface area contributed by atoms with Gasteiger partial charge in [0.05, 0.1) is 14.2 Å². The molecule has 1 aliphatic rings. The quantitative estimate of drug-likeness (QED) is 0.732. The molecule has 0 unspecified atom stereocenters. The molecule has 1 fully saturated rings. The first-order valence-electron chi connectivity index (χ1n) is 8.91. The Hall–Kier alpha value is -3.02. The molecule has 6 nitrogen and oxygen atoms in total. The lowest BCUT2D eigenvalue weighted by molar-refractivity contribution is -0.140. The number of hydrogen-bond acceptors (Lipinski definition) is 5. The lowest BCUT2D eigenvalue weighted by Crippen LogP contribution is -2.34. The first-order chi connectivity index (χ1) is 13.2. The molecule has 6 heteroatoms. The number of benzene rings is 2. The van der Waals surface area contributed by atoms with Crippen LogP contribution >= 0.6 is 0 Å². The predicted molar refractivity (Wildman–Crippen MR) is 100.0 cm³/mol. The number of amides is 1. The third kappa shape index (κ3) is 4.05. The van der Waals surface area contributed by atoms with Crippen molar-refractivity contribution in [3.63, 3.8) is 0 Å². The van der Waals surface area contributed by atoms with Gasteiger partial charge < -0.3 is 19.1 Å². The topological polar surface area (TPSA) is 65.1 Å². The van der Waals surface area contributed by atoms with Crippen LogP contribution in [0.1, 0.15) is 34.9 Å². The summed E-state index contributed by atoms with van der Waals surface area (Å²) in [4.78, 5) is 27.6. The molecule has 2 aromatic carbocycles. The fraction of sp³-hybridized carbons (Fsp3) is 0.333. The highest BCUT2D eigenvalue weighted by molar-refractivity contribution is 5.96. The number of rotatable bonds is 6. The van der Waals surface area contributed by atoms with Crippen LogP contribution in [0.3, 0.4) is 0 Å². The summed E-state index contributed by atoms with van der Waals surface area (Å²) in [5.41, 5.74) is 0.858. The van der Waals surface area contributed by atoms with Crippen molar-refractivity contribution < 1.29 is 23.8 Å². The Balaban J connectivity index is 1.90. The standard InChI is InChI=1S/C21H23NO5/c1-25-17-12-8-11-16(19(17)26-2)21(24)27-18(15-9-4-3-5-10-15)20(23)22-13-6-7-14-22/h3-5,8-12,18H,6-7,13-14H2,1-2H3/t18-/m0/s1. The van der Waals surface area contributed by atoms with Crippen molar-refractivity contribution in [2.45, 2.75) is 18.9 Å². The molecule has 142 valence electrons. The minimum Gasteiger partial charge on any atom is -0.493 e. The van der Waals surface area contributed by atoms with Gasteiger partial charge in [0.25, 0.3) is 5.91 Å². The number of ether oxygens (including phenoxy) is 3. The zero-order chi connectivity index (χ0) is 19.2. The summed E-state index contributed by atoms with van der Waals surface area (Å²) in [6.45, 7) is 1.37. The SMILES string of the molecule is COc1cccc(C(=O)O[C@H](C(=O)N2CCCC2)c2ccccc2)c1OC. The first-order valence-corrected chi connectivity index (χ1v) is 8.91. The van der Waals surface area contributed by atoms with Gasteiger partial charge in [-0.3, -0.25) is 4.79 Å². The van der Waals surface area contributed by atoms with E-state index in [-0.39, 0.29) is 17.2 Å². The average molecular weight is 369 g/mol. The lowest BCUT2D eigenvalue weighted by atomic mass is 10.1. The van der Waals surface area contributed by atoms with E-state index >= 15 is 0 Å². The maximum atomic E-state index is 13.0. The zero-order valence-electron chi connectivity index (χ0n) is 15.5. The number of likely N-dealkylation sites (tertiary alicyclic amines) is 1. The Bertz CT molecular complexity index is 799. The Labute approximate surface area is 158 Å². The lowest BCUT2D eigenvalue weighted by Gasteiger charge is -2.24. The number of carbonyl (C=O) groups is 2. The van der Waals surface area contributed by atoms with Crippen molar-refractivity contribution in [1.29, 1.82) is 0 Å². The summed E-state index contributed by atoms with van der Waals surface area (Å²) >= 11 is 0. The van der Waals surface area contributed by atoms with Crippen molar-refractivity contribution in [3.8, 4) is 11.5 Å². The van der Waals surface area contributed by atoms with Crippen LogP contribution in [0.2, 0.25) is 0 Å². The molecular weight excluding hydrogens is 346 g/mol. The molecule has 1 aliphatic heterocycles. The van der Waals surface area contributed by atoms with E-state index in [4.69, 9.17) is 14.2 Å². The van der Waals surface area contributed by atoms with Crippen molar-refractivity contribution >= 4 is 11.9 Å². The van der Waals surface area contributed by atoms with Gasteiger partial charge in [-0.1, -0.05) is 36.4 Å². The van der Waals surface area contributed by atoms with Gasteiger partial charge in [-0.2, -0.15) is 0 Å². The maximum absolute atomic E-state index is 13.0. The van der Waals surface area contributed by atoms with Crippen LogP contribution in [0, 0.1) is 0 Å². The van der Waals surface area contributed by atoms with E-state index in [0.717, 1.165) is 12.8 Å². The Morgan fingerprint density at radius 3 is 2.26 bits per heavy atom. The Morgan fingerprint density at radius 2 is 1.63 bits per heavy atom. The molecule has 0 bridgehead atoms. The highest BCUT2D eigenvalue weighted by Crippen LogP contribution is 2.33. The summed E-state index contributed by atoms with van der Waals surface area (Å²) < 4.78 is 16.2. The van der Waals surface area contributed by atoms with E-state index in [0.29, 0.717) is 24.4 Å². The van der Waals surface area contributed by atoms with Gasteiger partial charge in [0.2, 0.25) is 6.10 Å². The van der Waals surface area contributed by atoms with Gasteiger partial charge in [-0.05, 0) is 25.0 Å². The highest BCUT2D eigenvalue weighted by atomic mass is 16.6. The van der Waals surface area contributed by atoms with Crippen LogP contribution in [0.25, 0.3) is 0 Å². The number of para-hydroxylation sites is 1. The van der Waals surface area contributed by atoms with Gasteiger partial charge in [0, 0.05) is 18.7 Å². The van der Waals surface area contributed by atoms with Crippen LogP contribution in [0.15, 0.2) is 48.5 Å². The van der Waals surface area contributed by atoms with Crippen LogP contribution in [-0.2, 0) is 9.53 Å². The Kier molecular flexibility index (Phi) is 5.96. The normalized spacial score (nSPS) is 14.5. The van der Waals surface area contributed by atoms with Crippen molar-refractivity contribution in [3.05, 3.63) is 59.7 Å². The van der Waals surface area contributed by atoms with E-state index in [1.165, 1.54) is 14.2 Å². The van der Waals surface area contributed by atoms with Gasteiger partial charge >= 0.3 is 5.97 Å². The van der Waals surface area contributed by atoms with Gasteiger partial charge in [0.1, 0.15) is 5.56 Å². The third-order valence-corrected chi connectivity index (χ3v) is 4.59. The van der Waals surface area contributed by atoms with E-state index in [9.17, 15) is 9.59 Å². The molecular formula is C21H23NO5. The molecule has 0 aliphatic carbocycles.